The first-order valence-electron chi connectivity index (χ1n) is 7.26. The molecule has 0 radical (unpaired) electrons. The Morgan fingerprint density at radius 1 is 1.43 bits per heavy atom. The van der Waals surface area contributed by atoms with Gasteiger partial charge in [0.1, 0.15) is 0 Å². The molecule has 4 nitrogen and oxygen atoms in total. The van der Waals surface area contributed by atoms with Crippen LogP contribution in [0.1, 0.15) is 39.2 Å². The van der Waals surface area contributed by atoms with Crippen LogP contribution in [0.2, 0.25) is 0 Å². The molecule has 0 heterocycles. The fraction of sp³-hybridized carbons (Fsp3) is 0.562. The van der Waals surface area contributed by atoms with Gasteiger partial charge >= 0.3 is 0 Å². The van der Waals surface area contributed by atoms with Gasteiger partial charge in [-0.2, -0.15) is 0 Å². The number of benzene rings is 1. The summed E-state index contributed by atoms with van der Waals surface area (Å²) in [6.07, 6.45) is 1.47. The monoisotopic (exact) mass is 296 g/mol. The minimum Gasteiger partial charge on any atom is -0.494 e. The van der Waals surface area contributed by atoms with Gasteiger partial charge in [0.15, 0.2) is 11.6 Å². The third-order valence-corrected chi connectivity index (χ3v) is 3.52. The molecule has 1 aromatic carbocycles. The summed E-state index contributed by atoms with van der Waals surface area (Å²) in [6, 6.07) is 4.71. The molecule has 0 fully saturated rings. The molecule has 0 saturated heterocycles. The van der Waals surface area contributed by atoms with Gasteiger partial charge in [-0.25, -0.2) is 4.39 Å². The molecule has 5 heteroatoms. The van der Waals surface area contributed by atoms with Crippen LogP contribution in [0.25, 0.3) is 0 Å². The van der Waals surface area contributed by atoms with E-state index < -0.39 is 11.4 Å². The zero-order chi connectivity index (χ0) is 16.0. The molecule has 0 aromatic heterocycles. The topological polar surface area (TPSA) is 55.6 Å². The molecule has 2 N–H and O–H groups in total. The summed E-state index contributed by atoms with van der Waals surface area (Å²) in [5.41, 5.74) is 5.93. The molecule has 1 rings (SSSR count). The molecule has 0 aliphatic carbocycles. The van der Waals surface area contributed by atoms with Crippen molar-refractivity contribution in [2.24, 2.45) is 5.73 Å². The Kier molecular flexibility index (Phi) is 6.15. The summed E-state index contributed by atoms with van der Waals surface area (Å²) in [5, 5.41) is 0. The normalized spacial score (nSPS) is 13.6. The van der Waals surface area contributed by atoms with Crippen molar-refractivity contribution in [1.82, 2.24) is 4.90 Å². The number of nitrogens with zero attached hydrogens (tertiary/aromatic N) is 1. The van der Waals surface area contributed by atoms with Gasteiger partial charge in [-0.15, -0.1) is 0 Å². The van der Waals surface area contributed by atoms with E-state index in [1.807, 2.05) is 13.8 Å². The molecular formula is C16H25FN2O2. The number of rotatable bonds is 7. The van der Waals surface area contributed by atoms with E-state index in [-0.39, 0.29) is 11.7 Å². The molecular weight excluding hydrogens is 271 g/mol. The lowest BCUT2D eigenvalue weighted by Crippen LogP contribution is -2.52. The lowest BCUT2D eigenvalue weighted by molar-refractivity contribution is -0.137. The van der Waals surface area contributed by atoms with Gasteiger partial charge in [-0.3, -0.25) is 4.79 Å². The third kappa shape index (κ3) is 4.43. The highest BCUT2D eigenvalue weighted by Gasteiger charge is 2.31. The molecule has 0 bridgehead atoms. The Balaban J connectivity index is 2.87. The van der Waals surface area contributed by atoms with Crippen LogP contribution in [0, 0.1) is 5.82 Å². The van der Waals surface area contributed by atoms with Crippen molar-refractivity contribution >= 4 is 5.91 Å². The number of carbonyl (C=O) groups excluding carboxylic acids is 1. The number of halogens is 1. The molecule has 1 unspecified atom stereocenters. The van der Waals surface area contributed by atoms with E-state index in [1.165, 1.54) is 13.2 Å². The maximum atomic E-state index is 13.7. The Labute approximate surface area is 126 Å². The van der Waals surface area contributed by atoms with Crippen molar-refractivity contribution < 1.29 is 13.9 Å². The molecule has 0 aliphatic heterocycles. The summed E-state index contributed by atoms with van der Waals surface area (Å²) < 4.78 is 18.6. The van der Waals surface area contributed by atoms with Crippen LogP contribution in [-0.4, -0.2) is 30.0 Å². The first-order valence-corrected chi connectivity index (χ1v) is 7.26. The Morgan fingerprint density at radius 2 is 2.10 bits per heavy atom. The van der Waals surface area contributed by atoms with E-state index in [2.05, 4.69) is 0 Å². The average molecular weight is 296 g/mol. The average Bonchev–Trinajstić information content (AvgIpc) is 2.44. The molecule has 0 saturated carbocycles. The highest BCUT2D eigenvalue weighted by atomic mass is 19.1. The second kappa shape index (κ2) is 7.41. The van der Waals surface area contributed by atoms with Gasteiger partial charge < -0.3 is 15.4 Å². The number of hydrogen-bond acceptors (Lipinski definition) is 3. The highest BCUT2D eigenvalue weighted by Crippen LogP contribution is 2.20. The van der Waals surface area contributed by atoms with Gasteiger partial charge in [0.05, 0.1) is 12.6 Å². The van der Waals surface area contributed by atoms with E-state index in [0.717, 1.165) is 12.0 Å². The standard InChI is InChI=1S/C16H25FN2O2/c1-5-9-16(3,18)15(20)19(6-2)11-12-7-8-14(21-4)13(17)10-12/h7-8,10H,5-6,9,11,18H2,1-4H3. The maximum Gasteiger partial charge on any atom is 0.242 e. The zero-order valence-corrected chi connectivity index (χ0v) is 13.3. The van der Waals surface area contributed by atoms with E-state index in [0.29, 0.717) is 19.5 Å². The smallest absolute Gasteiger partial charge is 0.242 e. The number of amides is 1. The van der Waals surface area contributed by atoms with Crippen LogP contribution in [-0.2, 0) is 11.3 Å². The number of likely N-dealkylation sites (N-methyl/N-ethyl adjacent to an activating group) is 1. The first kappa shape index (κ1) is 17.4. The van der Waals surface area contributed by atoms with Gasteiger partial charge in [-0.1, -0.05) is 19.4 Å². The summed E-state index contributed by atoms with van der Waals surface area (Å²) in [4.78, 5) is 14.1. The predicted octanol–water partition coefficient (Wildman–Crippen LogP) is 2.70. The lowest BCUT2D eigenvalue weighted by atomic mass is 9.95. The Hall–Kier alpha value is -1.62. The second-order valence-electron chi connectivity index (χ2n) is 5.46. The molecule has 1 amide bonds. The maximum absolute atomic E-state index is 13.7. The van der Waals surface area contributed by atoms with Gasteiger partial charge in [-0.05, 0) is 38.0 Å². The molecule has 1 aromatic rings. The summed E-state index contributed by atoms with van der Waals surface area (Å²) >= 11 is 0. The van der Waals surface area contributed by atoms with E-state index in [1.54, 1.807) is 24.0 Å². The van der Waals surface area contributed by atoms with Gasteiger partial charge in [0.2, 0.25) is 5.91 Å². The number of ether oxygens (including phenoxy) is 1. The van der Waals surface area contributed by atoms with E-state index in [4.69, 9.17) is 10.5 Å². The SMILES string of the molecule is CCCC(C)(N)C(=O)N(CC)Cc1ccc(OC)c(F)c1. The lowest BCUT2D eigenvalue weighted by Gasteiger charge is -2.31. The van der Waals surface area contributed by atoms with Crippen molar-refractivity contribution in [2.45, 2.75) is 45.7 Å². The van der Waals surface area contributed by atoms with Crippen LogP contribution >= 0.6 is 0 Å². The fourth-order valence-electron chi connectivity index (χ4n) is 2.34. The summed E-state index contributed by atoms with van der Waals surface area (Å²) in [7, 11) is 1.42. The largest absolute Gasteiger partial charge is 0.494 e. The van der Waals surface area contributed by atoms with Gasteiger partial charge in [0, 0.05) is 13.1 Å². The molecule has 1 atom stereocenters. The minimum absolute atomic E-state index is 0.108. The molecule has 0 aliphatic rings. The van der Waals surface area contributed by atoms with Crippen LogP contribution in [0.15, 0.2) is 18.2 Å². The number of nitrogens with two attached hydrogens (primary N) is 1. The van der Waals surface area contributed by atoms with Crippen LogP contribution in [0.3, 0.4) is 0 Å². The molecule has 21 heavy (non-hydrogen) atoms. The quantitative estimate of drug-likeness (QED) is 0.841. The Bertz CT molecular complexity index is 489. The van der Waals surface area contributed by atoms with E-state index >= 15 is 0 Å². The first-order chi connectivity index (χ1) is 9.85. The third-order valence-electron chi connectivity index (χ3n) is 3.52. The van der Waals surface area contributed by atoms with Crippen molar-refractivity contribution in [3.63, 3.8) is 0 Å². The fourth-order valence-corrected chi connectivity index (χ4v) is 2.34. The molecule has 118 valence electrons. The number of hydrogen-bond donors (Lipinski definition) is 1. The number of carbonyl (C=O) groups is 1. The van der Waals surface area contributed by atoms with Gasteiger partial charge in [0.25, 0.3) is 0 Å². The van der Waals surface area contributed by atoms with Crippen LogP contribution in [0.4, 0.5) is 4.39 Å². The summed E-state index contributed by atoms with van der Waals surface area (Å²) in [5.74, 6) is -0.339. The highest BCUT2D eigenvalue weighted by molar-refractivity contribution is 5.85. The predicted molar refractivity (Wildman–Crippen MR) is 81.5 cm³/mol. The second-order valence-corrected chi connectivity index (χ2v) is 5.46. The van der Waals surface area contributed by atoms with Crippen LogP contribution in [0.5, 0.6) is 5.75 Å². The van der Waals surface area contributed by atoms with Crippen molar-refractivity contribution in [3.8, 4) is 5.75 Å². The van der Waals surface area contributed by atoms with E-state index in [9.17, 15) is 9.18 Å². The Morgan fingerprint density at radius 3 is 2.57 bits per heavy atom. The van der Waals surface area contributed by atoms with Crippen molar-refractivity contribution in [3.05, 3.63) is 29.6 Å². The summed E-state index contributed by atoms with van der Waals surface area (Å²) in [6.45, 7) is 6.50. The zero-order valence-electron chi connectivity index (χ0n) is 13.3. The minimum atomic E-state index is -0.879. The van der Waals surface area contributed by atoms with Crippen molar-refractivity contribution in [2.75, 3.05) is 13.7 Å². The van der Waals surface area contributed by atoms with Crippen molar-refractivity contribution in [1.29, 1.82) is 0 Å². The number of methoxy groups -OCH3 is 1. The van der Waals surface area contributed by atoms with Crippen LogP contribution < -0.4 is 10.5 Å². The molecule has 0 spiro atoms.